The van der Waals surface area contributed by atoms with Crippen LogP contribution in [0.2, 0.25) is 10.0 Å². The van der Waals surface area contributed by atoms with Crippen molar-refractivity contribution >= 4 is 40.8 Å². The summed E-state index contributed by atoms with van der Waals surface area (Å²) in [6.45, 7) is 1.62. The van der Waals surface area contributed by atoms with Crippen LogP contribution in [0.15, 0.2) is 28.9 Å². The number of carboxylic acid groups (broad SMARTS) is 1. The predicted octanol–water partition coefficient (Wildman–Crippen LogP) is 3.85. The highest BCUT2D eigenvalue weighted by Gasteiger charge is 2.19. The Morgan fingerprint density at radius 3 is 2.50 bits per heavy atom. The number of benzene rings is 1. The summed E-state index contributed by atoms with van der Waals surface area (Å²) < 4.78 is 5.02. The van der Waals surface area contributed by atoms with Crippen molar-refractivity contribution in [2.75, 3.05) is 5.32 Å². The Kier molecular flexibility index (Phi) is 4.01. The van der Waals surface area contributed by atoms with Gasteiger partial charge in [-0.2, -0.15) is 0 Å². The number of amides is 1. The first-order valence-electron chi connectivity index (χ1n) is 5.48. The molecule has 7 heteroatoms. The molecule has 1 amide bonds. The number of carboxylic acids is 1. The highest BCUT2D eigenvalue weighted by molar-refractivity contribution is 6.38. The summed E-state index contributed by atoms with van der Waals surface area (Å²) in [6.07, 6.45) is 1.37. The van der Waals surface area contributed by atoms with Gasteiger partial charge >= 0.3 is 5.97 Å². The Morgan fingerprint density at radius 2 is 1.95 bits per heavy atom. The molecule has 1 aromatic heterocycles. The summed E-state index contributed by atoms with van der Waals surface area (Å²) >= 11 is 11.7. The van der Waals surface area contributed by atoms with E-state index in [-0.39, 0.29) is 21.3 Å². The second-order valence-corrected chi connectivity index (χ2v) is 4.80. The number of hydrogen-bond acceptors (Lipinski definition) is 3. The number of furan rings is 1. The number of carbonyl (C=O) groups is 2. The highest BCUT2D eigenvalue weighted by atomic mass is 35.5. The van der Waals surface area contributed by atoms with Crippen LogP contribution in [0.25, 0.3) is 0 Å². The molecule has 0 aliphatic carbocycles. The Morgan fingerprint density at radius 1 is 1.25 bits per heavy atom. The lowest BCUT2D eigenvalue weighted by Gasteiger charge is -2.10. The van der Waals surface area contributed by atoms with Crippen molar-refractivity contribution in [3.05, 3.63) is 51.4 Å². The van der Waals surface area contributed by atoms with Crippen molar-refractivity contribution in [3.63, 3.8) is 0 Å². The number of halogens is 2. The highest BCUT2D eigenvalue weighted by Crippen LogP contribution is 2.31. The van der Waals surface area contributed by atoms with Crippen LogP contribution in [0, 0.1) is 6.92 Å². The number of rotatable bonds is 3. The molecule has 2 N–H and O–H groups in total. The van der Waals surface area contributed by atoms with E-state index in [0.717, 1.165) is 0 Å². The van der Waals surface area contributed by atoms with Crippen molar-refractivity contribution in [2.24, 2.45) is 0 Å². The molecule has 104 valence electrons. The largest absolute Gasteiger partial charge is 0.478 e. The Bertz CT molecular complexity index is 694. The van der Waals surface area contributed by atoms with Gasteiger partial charge in [-0.05, 0) is 25.1 Å². The Hall–Kier alpha value is -1.98. The fourth-order valence-corrected chi connectivity index (χ4v) is 2.21. The molecule has 0 saturated heterocycles. The summed E-state index contributed by atoms with van der Waals surface area (Å²) in [7, 11) is 0. The maximum Gasteiger partial charge on any atom is 0.337 e. The summed E-state index contributed by atoms with van der Waals surface area (Å²) in [4.78, 5) is 23.2. The molecule has 20 heavy (non-hydrogen) atoms. The van der Waals surface area contributed by atoms with Crippen molar-refractivity contribution in [3.8, 4) is 0 Å². The lowest BCUT2D eigenvalue weighted by Crippen LogP contribution is -2.15. The lowest BCUT2D eigenvalue weighted by molar-refractivity contribution is 0.0698. The van der Waals surface area contributed by atoms with Crippen LogP contribution < -0.4 is 5.32 Å². The van der Waals surface area contributed by atoms with Gasteiger partial charge in [0.1, 0.15) is 5.76 Å². The monoisotopic (exact) mass is 313 g/mol. The fourth-order valence-electron chi connectivity index (χ4n) is 1.67. The van der Waals surface area contributed by atoms with Crippen LogP contribution in [-0.4, -0.2) is 17.0 Å². The van der Waals surface area contributed by atoms with E-state index in [2.05, 4.69) is 5.32 Å². The maximum atomic E-state index is 12.1. The zero-order valence-corrected chi connectivity index (χ0v) is 11.7. The first kappa shape index (κ1) is 14.4. The molecule has 1 aromatic carbocycles. The minimum Gasteiger partial charge on any atom is -0.478 e. The molecule has 0 spiro atoms. The average Bonchev–Trinajstić information content (AvgIpc) is 2.78. The summed E-state index contributed by atoms with van der Waals surface area (Å²) in [5, 5.41) is 11.8. The van der Waals surface area contributed by atoms with Crippen LogP contribution in [-0.2, 0) is 0 Å². The van der Waals surface area contributed by atoms with Crippen molar-refractivity contribution in [1.29, 1.82) is 0 Å². The first-order valence-corrected chi connectivity index (χ1v) is 6.23. The van der Waals surface area contributed by atoms with Crippen LogP contribution in [0.5, 0.6) is 0 Å². The van der Waals surface area contributed by atoms with E-state index in [4.69, 9.17) is 32.7 Å². The van der Waals surface area contributed by atoms with Gasteiger partial charge in [0.15, 0.2) is 0 Å². The van der Waals surface area contributed by atoms with E-state index in [9.17, 15) is 9.59 Å². The molecule has 2 rings (SSSR count). The summed E-state index contributed by atoms with van der Waals surface area (Å²) in [5.41, 5.74) is 0.110. The molecule has 0 radical (unpaired) electrons. The summed E-state index contributed by atoms with van der Waals surface area (Å²) in [5.74, 6) is -1.33. The Balaban J connectivity index is 2.41. The van der Waals surface area contributed by atoms with Gasteiger partial charge < -0.3 is 14.8 Å². The van der Waals surface area contributed by atoms with Gasteiger partial charge in [-0.1, -0.05) is 23.2 Å². The van der Waals surface area contributed by atoms with Gasteiger partial charge in [-0.3, -0.25) is 4.79 Å². The van der Waals surface area contributed by atoms with E-state index in [1.807, 2.05) is 0 Å². The molecule has 2 aromatic rings. The van der Waals surface area contributed by atoms with Gasteiger partial charge in [0.25, 0.3) is 5.91 Å². The number of aryl methyl sites for hydroxylation is 1. The van der Waals surface area contributed by atoms with E-state index < -0.39 is 11.9 Å². The molecule has 5 nitrogen and oxygen atoms in total. The van der Waals surface area contributed by atoms with Gasteiger partial charge in [0, 0.05) is 5.02 Å². The minimum atomic E-state index is -1.24. The van der Waals surface area contributed by atoms with E-state index >= 15 is 0 Å². The van der Waals surface area contributed by atoms with Crippen LogP contribution in [0.4, 0.5) is 5.69 Å². The van der Waals surface area contributed by atoms with Crippen molar-refractivity contribution in [2.45, 2.75) is 6.92 Å². The molecular weight excluding hydrogens is 305 g/mol. The van der Waals surface area contributed by atoms with E-state index in [1.54, 1.807) is 6.92 Å². The zero-order valence-electron chi connectivity index (χ0n) is 10.2. The van der Waals surface area contributed by atoms with Crippen molar-refractivity contribution in [1.82, 2.24) is 0 Å². The van der Waals surface area contributed by atoms with Gasteiger partial charge in [0.2, 0.25) is 0 Å². The molecule has 0 fully saturated rings. The van der Waals surface area contributed by atoms with E-state index in [0.29, 0.717) is 11.3 Å². The summed E-state index contributed by atoms with van der Waals surface area (Å²) in [6, 6.07) is 4.05. The normalized spacial score (nSPS) is 10.3. The first-order chi connectivity index (χ1) is 9.40. The van der Waals surface area contributed by atoms with Crippen molar-refractivity contribution < 1.29 is 19.1 Å². The smallest absolute Gasteiger partial charge is 0.337 e. The number of anilines is 1. The van der Waals surface area contributed by atoms with Gasteiger partial charge in [0.05, 0.1) is 28.1 Å². The van der Waals surface area contributed by atoms with E-state index in [1.165, 1.54) is 24.5 Å². The van der Waals surface area contributed by atoms with Crippen LogP contribution >= 0.6 is 23.2 Å². The molecule has 0 unspecified atom stereocenters. The number of carbonyl (C=O) groups excluding carboxylic acids is 1. The predicted molar refractivity (Wildman–Crippen MR) is 74.8 cm³/mol. The fraction of sp³-hybridized carbons (Fsp3) is 0.0769. The lowest BCUT2D eigenvalue weighted by atomic mass is 10.1. The number of aromatic carboxylic acids is 1. The third kappa shape index (κ3) is 2.79. The molecule has 0 aliphatic rings. The van der Waals surface area contributed by atoms with Gasteiger partial charge in [-0.15, -0.1) is 0 Å². The average molecular weight is 314 g/mol. The zero-order chi connectivity index (χ0) is 14.9. The second-order valence-electron chi connectivity index (χ2n) is 3.96. The quantitative estimate of drug-likeness (QED) is 0.902. The third-order valence-electron chi connectivity index (χ3n) is 2.63. The standard InChI is InChI=1S/C13H9Cl2NO4/c1-6-8(2-3-20-6)12(17)16-11-9(13(18)19)4-7(14)5-10(11)15/h2-5H,1H3,(H,16,17)(H,18,19). The molecule has 1 heterocycles. The SMILES string of the molecule is Cc1occc1C(=O)Nc1c(Cl)cc(Cl)cc1C(=O)O. The van der Waals surface area contributed by atoms with Crippen LogP contribution in [0.1, 0.15) is 26.5 Å². The Labute approximate surface area is 124 Å². The second kappa shape index (κ2) is 5.56. The number of nitrogens with one attached hydrogen (secondary N) is 1. The molecule has 0 bridgehead atoms. The van der Waals surface area contributed by atoms with Gasteiger partial charge in [-0.25, -0.2) is 4.79 Å². The molecule has 0 saturated carbocycles. The molecule has 0 aliphatic heterocycles. The third-order valence-corrected chi connectivity index (χ3v) is 3.14. The number of hydrogen-bond donors (Lipinski definition) is 2. The maximum absolute atomic E-state index is 12.1. The molecular formula is C13H9Cl2NO4. The van der Waals surface area contributed by atoms with Crippen LogP contribution in [0.3, 0.4) is 0 Å². The topological polar surface area (TPSA) is 79.5 Å². The minimum absolute atomic E-state index is 0.00540. The molecule has 0 atom stereocenters.